The Balaban J connectivity index is 1.85. The van der Waals surface area contributed by atoms with E-state index in [0.29, 0.717) is 5.02 Å². The third-order valence-corrected chi connectivity index (χ3v) is 3.44. The summed E-state index contributed by atoms with van der Waals surface area (Å²) in [5.74, 6) is 0. The minimum Gasteiger partial charge on any atom is -0.394 e. The molecule has 3 N–H and O–H groups in total. The van der Waals surface area contributed by atoms with Crippen molar-refractivity contribution in [3.05, 3.63) is 47.5 Å². The standard InChI is InChI=1S/C15H15ClN4O2/c16-10-1-4-12(5-2-10)20-18-14-6-3-11(7-15(14)19-20)17-8-13(22)9-21/h1-7,13,17,21-22H,8-9H2. The van der Waals surface area contributed by atoms with E-state index in [0.717, 1.165) is 22.4 Å². The highest BCUT2D eigenvalue weighted by molar-refractivity contribution is 6.30. The van der Waals surface area contributed by atoms with Gasteiger partial charge in [-0.1, -0.05) is 11.6 Å². The predicted octanol–water partition coefficient (Wildman–Crippen LogP) is 1.84. The van der Waals surface area contributed by atoms with E-state index in [4.69, 9.17) is 16.7 Å². The summed E-state index contributed by atoms with van der Waals surface area (Å²) in [6, 6.07) is 12.8. The quantitative estimate of drug-likeness (QED) is 0.668. The van der Waals surface area contributed by atoms with Gasteiger partial charge in [0, 0.05) is 17.3 Å². The van der Waals surface area contributed by atoms with Crippen LogP contribution in [0.4, 0.5) is 5.69 Å². The van der Waals surface area contributed by atoms with Gasteiger partial charge in [-0.15, -0.1) is 10.2 Å². The van der Waals surface area contributed by atoms with E-state index in [2.05, 4.69) is 15.5 Å². The van der Waals surface area contributed by atoms with Crippen molar-refractivity contribution < 1.29 is 10.2 Å². The van der Waals surface area contributed by atoms with E-state index in [-0.39, 0.29) is 13.2 Å². The Morgan fingerprint density at radius 3 is 2.55 bits per heavy atom. The first-order valence-corrected chi connectivity index (χ1v) is 7.19. The van der Waals surface area contributed by atoms with E-state index in [1.54, 1.807) is 16.9 Å². The van der Waals surface area contributed by atoms with Gasteiger partial charge in [0.2, 0.25) is 0 Å². The van der Waals surface area contributed by atoms with Gasteiger partial charge >= 0.3 is 0 Å². The molecule has 6 nitrogen and oxygen atoms in total. The molecule has 1 unspecified atom stereocenters. The molecule has 0 saturated carbocycles. The number of aromatic nitrogens is 3. The van der Waals surface area contributed by atoms with Crippen molar-refractivity contribution in [3.8, 4) is 5.69 Å². The Bertz CT molecular complexity index is 773. The van der Waals surface area contributed by atoms with Crippen LogP contribution < -0.4 is 5.32 Å². The van der Waals surface area contributed by atoms with Crippen LogP contribution >= 0.6 is 11.6 Å². The lowest BCUT2D eigenvalue weighted by Crippen LogP contribution is -2.22. The number of aliphatic hydroxyl groups is 2. The van der Waals surface area contributed by atoms with Crippen LogP contribution in [0, 0.1) is 0 Å². The summed E-state index contributed by atoms with van der Waals surface area (Å²) in [7, 11) is 0. The minimum atomic E-state index is -0.791. The van der Waals surface area contributed by atoms with Crippen LogP contribution in [0.2, 0.25) is 5.02 Å². The summed E-state index contributed by atoms with van der Waals surface area (Å²) in [6.07, 6.45) is -0.791. The molecule has 0 aliphatic carbocycles. The van der Waals surface area contributed by atoms with Crippen LogP contribution in [0.15, 0.2) is 42.5 Å². The van der Waals surface area contributed by atoms with Crippen molar-refractivity contribution in [2.24, 2.45) is 0 Å². The summed E-state index contributed by atoms with van der Waals surface area (Å²) in [4.78, 5) is 1.55. The normalized spacial score (nSPS) is 12.5. The van der Waals surface area contributed by atoms with Gasteiger partial charge in [-0.25, -0.2) is 0 Å². The number of benzene rings is 2. The van der Waals surface area contributed by atoms with Crippen LogP contribution in [0.1, 0.15) is 0 Å². The maximum absolute atomic E-state index is 9.35. The molecule has 1 aromatic heterocycles. The van der Waals surface area contributed by atoms with Crippen molar-refractivity contribution in [2.45, 2.75) is 6.10 Å². The lowest BCUT2D eigenvalue weighted by atomic mass is 10.2. The van der Waals surface area contributed by atoms with E-state index in [1.165, 1.54) is 0 Å². The Kier molecular flexibility index (Phi) is 4.24. The van der Waals surface area contributed by atoms with E-state index in [9.17, 15) is 5.11 Å². The highest BCUT2D eigenvalue weighted by Gasteiger charge is 2.07. The van der Waals surface area contributed by atoms with Gasteiger partial charge in [-0.3, -0.25) is 0 Å². The fraction of sp³-hybridized carbons (Fsp3) is 0.200. The smallest absolute Gasteiger partial charge is 0.115 e. The van der Waals surface area contributed by atoms with Gasteiger partial charge in [0.25, 0.3) is 0 Å². The van der Waals surface area contributed by atoms with E-state index >= 15 is 0 Å². The number of nitrogens with zero attached hydrogens (tertiary/aromatic N) is 3. The first-order chi connectivity index (χ1) is 10.7. The molecule has 3 aromatic rings. The summed E-state index contributed by atoms with van der Waals surface area (Å²) < 4.78 is 0. The van der Waals surface area contributed by atoms with E-state index in [1.807, 2.05) is 30.3 Å². The summed E-state index contributed by atoms with van der Waals surface area (Å²) in [5, 5.41) is 30.7. The molecule has 22 heavy (non-hydrogen) atoms. The highest BCUT2D eigenvalue weighted by atomic mass is 35.5. The van der Waals surface area contributed by atoms with Crippen LogP contribution in [-0.2, 0) is 0 Å². The molecular weight excluding hydrogens is 304 g/mol. The number of hydrogen-bond acceptors (Lipinski definition) is 5. The molecule has 1 atom stereocenters. The van der Waals surface area contributed by atoms with Crippen molar-refractivity contribution in [1.29, 1.82) is 0 Å². The van der Waals surface area contributed by atoms with Gasteiger partial charge in [0.1, 0.15) is 11.0 Å². The number of fused-ring (bicyclic) bond motifs is 1. The van der Waals surface area contributed by atoms with E-state index < -0.39 is 6.10 Å². The topological polar surface area (TPSA) is 83.2 Å². The van der Waals surface area contributed by atoms with Gasteiger partial charge < -0.3 is 15.5 Å². The molecule has 2 aromatic carbocycles. The molecule has 7 heteroatoms. The SMILES string of the molecule is OCC(O)CNc1ccc2nn(-c3ccc(Cl)cc3)nc2c1. The fourth-order valence-electron chi connectivity index (χ4n) is 2.01. The molecule has 0 amide bonds. The monoisotopic (exact) mass is 318 g/mol. The third-order valence-electron chi connectivity index (χ3n) is 3.19. The number of anilines is 1. The second-order valence-electron chi connectivity index (χ2n) is 4.89. The second-order valence-corrected chi connectivity index (χ2v) is 5.32. The van der Waals surface area contributed by atoms with Crippen molar-refractivity contribution in [3.63, 3.8) is 0 Å². The molecule has 114 valence electrons. The maximum atomic E-state index is 9.35. The van der Waals surface area contributed by atoms with Gasteiger partial charge in [0.15, 0.2) is 0 Å². The number of nitrogens with one attached hydrogen (secondary N) is 1. The summed E-state index contributed by atoms with van der Waals surface area (Å²) in [6.45, 7) is -0.00464. The molecule has 0 radical (unpaired) electrons. The lowest BCUT2D eigenvalue weighted by Gasteiger charge is -2.09. The largest absolute Gasteiger partial charge is 0.394 e. The van der Waals surface area contributed by atoms with Gasteiger partial charge in [-0.05, 0) is 42.5 Å². The molecule has 0 spiro atoms. The Morgan fingerprint density at radius 1 is 1.09 bits per heavy atom. The molecular formula is C15H15ClN4O2. The fourth-order valence-corrected chi connectivity index (χ4v) is 2.14. The maximum Gasteiger partial charge on any atom is 0.115 e. The van der Waals surface area contributed by atoms with Crippen molar-refractivity contribution >= 4 is 28.3 Å². The average molecular weight is 319 g/mol. The summed E-state index contributed by atoms with van der Waals surface area (Å²) in [5.41, 5.74) is 3.13. The molecule has 0 aliphatic heterocycles. The zero-order valence-electron chi connectivity index (χ0n) is 11.6. The molecule has 0 fully saturated rings. The third kappa shape index (κ3) is 3.19. The first-order valence-electron chi connectivity index (χ1n) is 6.81. The van der Waals surface area contributed by atoms with Crippen LogP contribution in [-0.4, -0.2) is 44.5 Å². The van der Waals surface area contributed by atoms with Crippen LogP contribution in [0.5, 0.6) is 0 Å². The zero-order chi connectivity index (χ0) is 15.5. The number of aliphatic hydroxyl groups excluding tert-OH is 2. The van der Waals surface area contributed by atoms with Crippen LogP contribution in [0.3, 0.4) is 0 Å². The molecule has 1 heterocycles. The number of hydrogen-bond donors (Lipinski definition) is 3. The number of rotatable bonds is 5. The molecule has 3 rings (SSSR count). The number of halogens is 1. The Hall–Kier alpha value is -2.15. The minimum absolute atomic E-state index is 0.271. The molecule has 0 saturated heterocycles. The van der Waals surface area contributed by atoms with Crippen molar-refractivity contribution in [2.75, 3.05) is 18.5 Å². The predicted molar refractivity (Wildman–Crippen MR) is 85.5 cm³/mol. The second kappa shape index (κ2) is 6.31. The zero-order valence-corrected chi connectivity index (χ0v) is 12.4. The molecule has 0 aliphatic rings. The Morgan fingerprint density at radius 2 is 1.82 bits per heavy atom. The van der Waals surface area contributed by atoms with Gasteiger partial charge in [0.05, 0.1) is 18.4 Å². The van der Waals surface area contributed by atoms with Crippen LogP contribution in [0.25, 0.3) is 16.7 Å². The lowest BCUT2D eigenvalue weighted by molar-refractivity contribution is 0.105. The Labute approximate surface area is 132 Å². The molecule has 0 bridgehead atoms. The highest BCUT2D eigenvalue weighted by Crippen LogP contribution is 2.18. The van der Waals surface area contributed by atoms with Crippen molar-refractivity contribution in [1.82, 2.24) is 15.0 Å². The van der Waals surface area contributed by atoms with Gasteiger partial charge in [-0.2, -0.15) is 4.80 Å². The first kappa shape index (κ1) is 14.8. The average Bonchev–Trinajstić information content (AvgIpc) is 2.96. The summed E-state index contributed by atoms with van der Waals surface area (Å²) >= 11 is 5.87.